The van der Waals surface area contributed by atoms with Gasteiger partial charge in [0.1, 0.15) is 0 Å². The van der Waals surface area contributed by atoms with Crippen molar-refractivity contribution in [3.63, 3.8) is 0 Å². The van der Waals surface area contributed by atoms with Gasteiger partial charge in [-0.2, -0.15) is 5.26 Å². The Balaban J connectivity index is 3.60. The Morgan fingerprint density at radius 1 is 1.53 bits per heavy atom. The van der Waals surface area contributed by atoms with E-state index in [0.29, 0.717) is 0 Å². The van der Waals surface area contributed by atoms with E-state index in [1.165, 1.54) is 12.1 Å². The summed E-state index contributed by atoms with van der Waals surface area (Å²) in [6.07, 6.45) is -2.87. The largest absolute Gasteiger partial charge is 0.294 e. The molecule has 1 aromatic carbocycles. The van der Waals surface area contributed by atoms with Crippen LogP contribution in [-0.4, -0.2) is 5.78 Å². The Bertz CT molecular complexity index is 451. The molecule has 0 radical (unpaired) electrons. The molecule has 0 aromatic heterocycles. The summed E-state index contributed by atoms with van der Waals surface area (Å²) >= 11 is 5.56. The predicted molar refractivity (Wildman–Crippen MR) is 51.1 cm³/mol. The van der Waals surface area contributed by atoms with E-state index in [1.54, 1.807) is 6.07 Å². The molecule has 0 aliphatic carbocycles. The average Bonchev–Trinajstić information content (AvgIpc) is 2.16. The van der Waals surface area contributed by atoms with E-state index in [9.17, 15) is 13.6 Å². The minimum absolute atomic E-state index is 0.0813. The van der Waals surface area contributed by atoms with Gasteiger partial charge in [0, 0.05) is 11.1 Å². The first-order valence-electron chi connectivity index (χ1n) is 4.00. The molecule has 0 unspecified atom stereocenters. The second kappa shape index (κ2) is 4.37. The fourth-order valence-corrected chi connectivity index (χ4v) is 1.52. The van der Waals surface area contributed by atoms with Crippen LogP contribution in [0, 0.1) is 11.3 Å². The third-order valence-electron chi connectivity index (χ3n) is 1.88. The summed E-state index contributed by atoms with van der Waals surface area (Å²) in [4.78, 5) is 11.2. The highest BCUT2D eigenvalue weighted by atomic mass is 35.5. The van der Waals surface area contributed by atoms with E-state index < -0.39 is 17.8 Å². The standard InChI is InChI=1S/C10H6ClF2NO/c1-5(15)8-6(4-14)2-3-7(11)9(8)10(12)13/h2-3,10H,1H3. The first-order chi connectivity index (χ1) is 6.99. The highest BCUT2D eigenvalue weighted by molar-refractivity contribution is 6.32. The van der Waals surface area contributed by atoms with Crippen molar-refractivity contribution in [1.29, 1.82) is 5.26 Å². The van der Waals surface area contributed by atoms with E-state index in [0.717, 1.165) is 6.92 Å². The molecule has 0 heterocycles. The number of benzene rings is 1. The number of halogens is 3. The maximum Gasteiger partial charge on any atom is 0.266 e. The van der Waals surface area contributed by atoms with Gasteiger partial charge < -0.3 is 0 Å². The van der Waals surface area contributed by atoms with E-state index in [-0.39, 0.29) is 16.1 Å². The molecule has 0 saturated heterocycles. The van der Waals surface area contributed by atoms with Crippen LogP contribution in [0.2, 0.25) is 5.02 Å². The molecule has 78 valence electrons. The van der Waals surface area contributed by atoms with Crippen LogP contribution in [0.5, 0.6) is 0 Å². The van der Waals surface area contributed by atoms with Gasteiger partial charge in [0.2, 0.25) is 0 Å². The second-order valence-corrected chi connectivity index (χ2v) is 3.26. The van der Waals surface area contributed by atoms with Gasteiger partial charge in [-0.05, 0) is 19.1 Å². The van der Waals surface area contributed by atoms with Crippen LogP contribution in [0.25, 0.3) is 0 Å². The lowest BCUT2D eigenvalue weighted by molar-refractivity contribution is 0.0998. The quantitative estimate of drug-likeness (QED) is 0.730. The minimum Gasteiger partial charge on any atom is -0.294 e. The molecule has 0 aliphatic heterocycles. The van der Waals surface area contributed by atoms with Gasteiger partial charge >= 0.3 is 0 Å². The zero-order valence-corrected chi connectivity index (χ0v) is 8.48. The summed E-state index contributed by atoms with van der Waals surface area (Å²) in [6.45, 7) is 1.12. The summed E-state index contributed by atoms with van der Waals surface area (Å²) in [5, 5.41) is 8.47. The molecular weight excluding hydrogens is 224 g/mol. The lowest BCUT2D eigenvalue weighted by Gasteiger charge is -2.09. The topological polar surface area (TPSA) is 40.9 Å². The minimum atomic E-state index is -2.87. The monoisotopic (exact) mass is 229 g/mol. The molecule has 0 atom stereocenters. The number of rotatable bonds is 2. The van der Waals surface area contributed by atoms with Crippen LogP contribution in [0.15, 0.2) is 12.1 Å². The normalized spacial score (nSPS) is 10.1. The van der Waals surface area contributed by atoms with E-state index in [4.69, 9.17) is 16.9 Å². The Morgan fingerprint density at radius 2 is 2.13 bits per heavy atom. The van der Waals surface area contributed by atoms with Crippen molar-refractivity contribution in [3.05, 3.63) is 33.8 Å². The predicted octanol–water partition coefficient (Wildman–Crippen LogP) is 3.35. The fourth-order valence-electron chi connectivity index (χ4n) is 1.28. The Hall–Kier alpha value is -1.47. The maximum absolute atomic E-state index is 12.6. The Morgan fingerprint density at radius 3 is 2.53 bits per heavy atom. The van der Waals surface area contributed by atoms with Gasteiger partial charge in [-0.15, -0.1) is 0 Å². The van der Waals surface area contributed by atoms with E-state index in [2.05, 4.69) is 0 Å². The SMILES string of the molecule is CC(=O)c1c(C#N)ccc(Cl)c1C(F)F. The summed E-state index contributed by atoms with van der Waals surface area (Å²) < 4.78 is 25.2. The number of nitriles is 1. The van der Waals surface area contributed by atoms with Crippen molar-refractivity contribution >= 4 is 17.4 Å². The van der Waals surface area contributed by atoms with Crippen LogP contribution < -0.4 is 0 Å². The zero-order valence-electron chi connectivity index (χ0n) is 7.72. The molecule has 2 nitrogen and oxygen atoms in total. The maximum atomic E-state index is 12.6. The smallest absolute Gasteiger partial charge is 0.266 e. The molecule has 0 saturated carbocycles. The number of carbonyl (C=O) groups is 1. The molecule has 5 heteroatoms. The zero-order chi connectivity index (χ0) is 11.6. The lowest BCUT2D eigenvalue weighted by atomic mass is 9.99. The Kier molecular flexibility index (Phi) is 3.38. The molecule has 0 aliphatic rings. The van der Waals surface area contributed by atoms with Crippen molar-refractivity contribution in [2.24, 2.45) is 0 Å². The first kappa shape index (κ1) is 11.6. The van der Waals surface area contributed by atoms with E-state index >= 15 is 0 Å². The molecule has 15 heavy (non-hydrogen) atoms. The summed E-state index contributed by atoms with van der Waals surface area (Å²) in [5.74, 6) is -0.593. The van der Waals surface area contributed by atoms with Crippen molar-refractivity contribution in [2.45, 2.75) is 13.3 Å². The fraction of sp³-hybridized carbons (Fsp3) is 0.200. The average molecular weight is 230 g/mol. The van der Waals surface area contributed by atoms with Crippen LogP contribution in [0.1, 0.15) is 34.8 Å². The summed E-state index contributed by atoms with van der Waals surface area (Å²) in [6, 6.07) is 4.13. The second-order valence-electron chi connectivity index (χ2n) is 2.85. The van der Waals surface area contributed by atoms with Gasteiger partial charge in [0.05, 0.1) is 16.7 Å². The van der Waals surface area contributed by atoms with Crippen molar-refractivity contribution in [2.75, 3.05) is 0 Å². The van der Waals surface area contributed by atoms with Gasteiger partial charge in [0.15, 0.2) is 5.78 Å². The van der Waals surface area contributed by atoms with Crippen LogP contribution in [0.4, 0.5) is 8.78 Å². The third kappa shape index (κ3) is 2.13. The highest BCUT2D eigenvalue weighted by Gasteiger charge is 2.22. The van der Waals surface area contributed by atoms with Crippen LogP contribution in [-0.2, 0) is 0 Å². The number of hydrogen-bond acceptors (Lipinski definition) is 2. The Labute approximate surface area is 90.1 Å². The highest BCUT2D eigenvalue weighted by Crippen LogP contribution is 2.32. The summed E-state index contributed by atoms with van der Waals surface area (Å²) in [5.41, 5.74) is -0.939. The number of alkyl halides is 2. The van der Waals surface area contributed by atoms with Crippen molar-refractivity contribution in [3.8, 4) is 6.07 Å². The van der Waals surface area contributed by atoms with E-state index in [1.807, 2.05) is 0 Å². The van der Waals surface area contributed by atoms with Gasteiger partial charge in [-0.1, -0.05) is 11.6 Å². The number of hydrogen-bond donors (Lipinski definition) is 0. The summed E-state index contributed by atoms with van der Waals surface area (Å²) in [7, 11) is 0. The first-order valence-corrected chi connectivity index (χ1v) is 4.38. The number of Topliss-reactive ketones (excluding diaryl/α,β-unsaturated/α-hetero) is 1. The molecule has 1 rings (SSSR count). The third-order valence-corrected chi connectivity index (χ3v) is 2.21. The van der Waals surface area contributed by atoms with Crippen molar-refractivity contribution in [1.82, 2.24) is 0 Å². The molecule has 0 fully saturated rings. The lowest BCUT2D eigenvalue weighted by Crippen LogP contribution is -2.04. The number of carbonyl (C=O) groups excluding carboxylic acids is 1. The molecule has 0 bridgehead atoms. The molecule has 1 aromatic rings. The molecule has 0 spiro atoms. The number of ketones is 1. The molecule has 0 amide bonds. The van der Waals surface area contributed by atoms with Crippen LogP contribution in [0.3, 0.4) is 0 Å². The van der Waals surface area contributed by atoms with Crippen molar-refractivity contribution < 1.29 is 13.6 Å². The van der Waals surface area contributed by atoms with Crippen LogP contribution >= 0.6 is 11.6 Å². The number of nitrogens with zero attached hydrogens (tertiary/aromatic N) is 1. The van der Waals surface area contributed by atoms with Gasteiger partial charge in [-0.25, -0.2) is 8.78 Å². The van der Waals surface area contributed by atoms with Gasteiger partial charge in [-0.3, -0.25) is 4.79 Å². The molecular formula is C10H6ClF2NO. The van der Waals surface area contributed by atoms with Gasteiger partial charge in [0.25, 0.3) is 6.43 Å². The molecule has 0 N–H and O–H groups in total.